The average Bonchev–Trinajstić information content (AvgIpc) is 2.54. The Balaban J connectivity index is 2.18. The van der Waals surface area contributed by atoms with E-state index in [4.69, 9.17) is 5.73 Å². The number of hydrogen-bond acceptors (Lipinski definition) is 2. The van der Waals surface area contributed by atoms with Crippen LogP contribution in [0, 0.1) is 0 Å². The second-order valence-electron chi connectivity index (χ2n) is 5.53. The molecule has 3 heteroatoms. The highest BCUT2D eigenvalue weighted by Gasteiger charge is 2.20. The maximum atomic E-state index is 12.9. The molecule has 4 rings (SSSR count). The summed E-state index contributed by atoms with van der Waals surface area (Å²) in [5.41, 5.74) is 10.7. The number of aryl methyl sites for hydroxylation is 2. The van der Waals surface area contributed by atoms with Crippen LogP contribution < -0.4 is 11.3 Å². The minimum atomic E-state index is 0.0263. The first-order valence-electron chi connectivity index (χ1n) is 7.26. The molecule has 2 aromatic carbocycles. The molecule has 0 saturated carbocycles. The summed E-state index contributed by atoms with van der Waals surface area (Å²) in [6.45, 7) is 0.770. The van der Waals surface area contributed by atoms with Gasteiger partial charge in [-0.05, 0) is 24.0 Å². The van der Waals surface area contributed by atoms with E-state index in [0.717, 1.165) is 35.9 Å². The van der Waals surface area contributed by atoms with Gasteiger partial charge in [0.05, 0.1) is 16.8 Å². The van der Waals surface area contributed by atoms with E-state index in [9.17, 15) is 4.79 Å². The van der Waals surface area contributed by atoms with E-state index in [2.05, 4.69) is 6.07 Å². The van der Waals surface area contributed by atoms with Gasteiger partial charge in [-0.15, -0.1) is 0 Å². The predicted molar refractivity (Wildman–Crippen MR) is 86.4 cm³/mol. The van der Waals surface area contributed by atoms with Gasteiger partial charge < -0.3 is 10.3 Å². The molecule has 0 unspecified atom stereocenters. The Labute approximate surface area is 122 Å². The molecular weight excluding hydrogens is 260 g/mol. The summed E-state index contributed by atoms with van der Waals surface area (Å²) in [5, 5.41) is 0.991. The maximum Gasteiger partial charge on any atom is 0.261 e. The fraction of sp³-hybridized carbons (Fsp3) is 0.167. The number of rotatable bonds is 1. The van der Waals surface area contributed by atoms with Crippen molar-refractivity contribution in [2.45, 2.75) is 19.4 Å². The Morgan fingerprint density at radius 2 is 1.81 bits per heavy atom. The van der Waals surface area contributed by atoms with Gasteiger partial charge in [-0.1, -0.05) is 48.5 Å². The Kier molecular flexibility index (Phi) is 2.61. The van der Waals surface area contributed by atoms with E-state index in [1.807, 2.05) is 47.0 Å². The van der Waals surface area contributed by atoms with Crippen LogP contribution in [0.1, 0.15) is 12.0 Å². The number of pyridine rings is 1. The maximum absolute atomic E-state index is 12.9. The third-order valence-electron chi connectivity index (χ3n) is 4.30. The third-order valence-corrected chi connectivity index (χ3v) is 4.30. The summed E-state index contributed by atoms with van der Waals surface area (Å²) in [5.74, 6) is 0. The molecule has 21 heavy (non-hydrogen) atoms. The first-order valence-corrected chi connectivity index (χ1v) is 7.26. The number of nitrogen functional groups attached to an aromatic ring is 1. The molecule has 0 bridgehead atoms. The van der Waals surface area contributed by atoms with E-state index in [1.54, 1.807) is 0 Å². The van der Waals surface area contributed by atoms with Crippen molar-refractivity contribution in [3.05, 3.63) is 64.4 Å². The van der Waals surface area contributed by atoms with Crippen LogP contribution in [0.15, 0.2) is 53.3 Å². The van der Waals surface area contributed by atoms with Crippen LogP contribution in [0.25, 0.3) is 22.0 Å². The van der Waals surface area contributed by atoms with Gasteiger partial charge in [-0.25, -0.2) is 0 Å². The number of anilines is 1. The summed E-state index contributed by atoms with van der Waals surface area (Å²) < 4.78 is 1.90. The molecule has 2 N–H and O–H groups in total. The highest BCUT2D eigenvalue weighted by atomic mass is 16.1. The summed E-state index contributed by atoms with van der Waals surface area (Å²) in [6, 6.07) is 15.8. The molecule has 0 fully saturated rings. The van der Waals surface area contributed by atoms with E-state index in [0.29, 0.717) is 11.3 Å². The normalized spacial score (nSPS) is 13.5. The molecule has 3 nitrogen and oxygen atoms in total. The van der Waals surface area contributed by atoms with Crippen molar-refractivity contribution in [2.75, 3.05) is 5.73 Å². The molecule has 1 aromatic heterocycles. The summed E-state index contributed by atoms with van der Waals surface area (Å²) >= 11 is 0. The van der Waals surface area contributed by atoms with E-state index < -0.39 is 0 Å². The Hall–Kier alpha value is -2.55. The van der Waals surface area contributed by atoms with Crippen LogP contribution in [-0.2, 0) is 13.0 Å². The van der Waals surface area contributed by atoms with E-state index in [-0.39, 0.29) is 5.56 Å². The molecule has 3 aromatic rings. The lowest BCUT2D eigenvalue weighted by Gasteiger charge is -2.22. The minimum absolute atomic E-state index is 0.0263. The molecular formula is C18H16N2O. The van der Waals surface area contributed by atoms with Crippen LogP contribution >= 0.6 is 0 Å². The minimum Gasteiger partial charge on any atom is -0.398 e. The molecule has 0 amide bonds. The predicted octanol–water partition coefficient (Wildman–Crippen LogP) is 3.20. The highest BCUT2D eigenvalue weighted by Crippen LogP contribution is 2.33. The smallest absolute Gasteiger partial charge is 0.261 e. The van der Waals surface area contributed by atoms with Gasteiger partial charge in [0.1, 0.15) is 0 Å². The topological polar surface area (TPSA) is 48.0 Å². The highest BCUT2D eigenvalue weighted by molar-refractivity contribution is 5.99. The summed E-state index contributed by atoms with van der Waals surface area (Å²) in [4.78, 5) is 12.9. The standard InChI is InChI=1S/C18H16N2O/c19-16-14-10-4-8-13-9-5-11-20(17(13)14)18(21)15(16)12-6-2-1-3-7-12/h1-4,6-8,10H,5,9,11,19H2. The van der Waals surface area contributed by atoms with Gasteiger partial charge in [-0.3, -0.25) is 4.79 Å². The molecule has 0 saturated heterocycles. The number of para-hydroxylation sites is 1. The van der Waals surface area contributed by atoms with Crippen molar-refractivity contribution in [3.63, 3.8) is 0 Å². The van der Waals surface area contributed by atoms with Crippen molar-refractivity contribution in [2.24, 2.45) is 0 Å². The van der Waals surface area contributed by atoms with Crippen molar-refractivity contribution >= 4 is 16.6 Å². The lowest BCUT2D eigenvalue weighted by molar-refractivity contribution is 0.617. The van der Waals surface area contributed by atoms with Gasteiger partial charge in [0.2, 0.25) is 0 Å². The Morgan fingerprint density at radius 1 is 1.00 bits per heavy atom. The fourth-order valence-corrected chi connectivity index (χ4v) is 3.34. The van der Waals surface area contributed by atoms with E-state index >= 15 is 0 Å². The van der Waals surface area contributed by atoms with Gasteiger partial charge in [0.25, 0.3) is 5.56 Å². The van der Waals surface area contributed by atoms with Crippen molar-refractivity contribution in [3.8, 4) is 11.1 Å². The first kappa shape index (κ1) is 12.2. The van der Waals surface area contributed by atoms with Gasteiger partial charge in [0.15, 0.2) is 0 Å². The zero-order valence-electron chi connectivity index (χ0n) is 11.7. The monoisotopic (exact) mass is 276 g/mol. The number of benzene rings is 2. The average molecular weight is 276 g/mol. The van der Waals surface area contributed by atoms with Crippen LogP contribution in [-0.4, -0.2) is 4.57 Å². The third kappa shape index (κ3) is 1.70. The van der Waals surface area contributed by atoms with Crippen LogP contribution in [0.2, 0.25) is 0 Å². The lowest BCUT2D eigenvalue weighted by Crippen LogP contribution is -2.27. The van der Waals surface area contributed by atoms with Crippen molar-refractivity contribution < 1.29 is 0 Å². The molecule has 104 valence electrons. The second kappa shape index (κ2) is 4.48. The number of hydrogen-bond donors (Lipinski definition) is 1. The number of aromatic nitrogens is 1. The fourth-order valence-electron chi connectivity index (χ4n) is 3.34. The molecule has 0 radical (unpaired) electrons. The van der Waals surface area contributed by atoms with Crippen molar-refractivity contribution in [1.82, 2.24) is 4.57 Å². The lowest BCUT2D eigenvalue weighted by atomic mass is 9.96. The molecule has 1 aliphatic rings. The van der Waals surface area contributed by atoms with Gasteiger partial charge in [-0.2, -0.15) is 0 Å². The van der Waals surface area contributed by atoms with E-state index in [1.165, 1.54) is 5.56 Å². The summed E-state index contributed by atoms with van der Waals surface area (Å²) in [6.07, 6.45) is 2.02. The molecule has 2 heterocycles. The molecule has 0 atom stereocenters. The largest absolute Gasteiger partial charge is 0.398 e. The zero-order valence-corrected chi connectivity index (χ0v) is 11.7. The summed E-state index contributed by atoms with van der Waals surface area (Å²) in [7, 11) is 0. The Morgan fingerprint density at radius 3 is 2.62 bits per heavy atom. The van der Waals surface area contributed by atoms with Gasteiger partial charge >= 0.3 is 0 Å². The number of nitrogens with zero attached hydrogens (tertiary/aromatic N) is 1. The molecule has 0 aliphatic carbocycles. The zero-order chi connectivity index (χ0) is 14.4. The van der Waals surface area contributed by atoms with Gasteiger partial charge in [0, 0.05) is 11.9 Å². The molecule has 1 aliphatic heterocycles. The quantitative estimate of drug-likeness (QED) is 0.742. The van der Waals surface area contributed by atoms with Crippen LogP contribution in [0.5, 0.6) is 0 Å². The SMILES string of the molecule is Nc1c(-c2ccccc2)c(=O)n2c3c(cccc13)CCC2. The Bertz CT molecular complexity index is 894. The number of nitrogens with two attached hydrogens (primary N) is 1. The molecule has 0 spiro atoms. The first-order chi connectivity index (χ1) is 10.3. The van der Waals surface area contributed by atoms with Crippen molar-refractivity contribution in [1.29, 1.82) is 0 Å². The van der Waals surface area contributed by atoms with Crippen LogP contribution in [0.3, 0.4) is 0 Å². The van der Waals surface area contributed by atoms with Crippen LogP contribution in [0.4, 0.5) is 5.69 Å². The second-order valence-corrected chi connectivity index (χ2v) is 5.53.